The molecule has 6 rings (SSSR count). The number of anilines is 1. The molecular formula is C33H37N3O2S. The van der Waals surface area contributed by atoms with E-state index in [-0.39, 0.29) is 23.1 Å². The third kappa shape index (κ3) is 5.59. The summed E-state index contributed by atoms with van der Waals surface area (Å²) in [6.45, 7) is 5.02. The molecule has 39 heavy (non-hydrogen) atoms. The lowest BCUT2D eigenvalue weighted by Gasteiger charge is -2.39. The van der Waals surface area contributed by atoms with E-state index in [0.29, 0.717) is 26.1 Å². The number of piperidine rings is 1. The van der Waals surface area contributed by atoms with E-state index >= 15 is 0 Å². The molecule has 0 radical (unpaired) electrons. The van der Waals surface area contributed by atoms with Crippen molar-refractivity contribution in [2.24, 2.45) is 5.92 Å². The van der Waals surface area contributed by atoms with Gasteiger partial charge < -0.3 is 14.7 Å². The van der Waals surface area contributed by atoms with Crippen LogP contribution in [0.25, 0.3) is 6.08 Å². The number of allylic oxidation sites excluding steroid dienone is 1. The predicted molar refractivity (Wildman–Crippen MR) is 159 cm³/mol. The van der Waals surface area contributed by atoms with Crippen molar-refractivity contribution >= 4 is 34.9 Å². The number of fused-ring (bicyclic) bond motifs is 2. The molecule has 1 aliphatic carbocycles. The molecule has 2 amide bonds. The van der Waals surface area contributed by atoms with Crippen molar-refractivity contribution in [1.82, 2.24) is 9.80 Å². The van der Waals surface area contributed by atoms with Gasteiger partial charge in [0.25, 0.3) is 0 Å². The van der Waals surface area contributed by atoms with Crippen LogP contribution in [0.5, 0.6) is 0 Å². The van der Waals surface area contributed by atoms with E-state index in [9.17, 15) is 9.59 Å². The second-order valence-corrected chi connectivity index (χ2v) is 12.2. The summed E-state index contributed by atoms with van der Waals surface area (Å²) in [7, 11) is 0. The molecule has 2 aliphatic heterocycles. The third-order valence-corrected chi connectivity index (χ3v) is 9.73. The van der Waals surface area contributed by atoms with Crippen molar-refractivity contribution in [2.75, 3.05) is 44.2 Å². The van der Waals surface area contributed by atoms with Gasteiger partial charge in [0.2, 0.25) is 11.8 Å². The van der Waals surface area contributed by atoms with Crippen LogP contribution in [0.3, 0.4) is 0 Å². The first-order valence-electron chi connectivity index (χ1n) is 14.3. The van der Waals surface area contributed by atoms with Crippen LogP contribution in [-0.4, -0.2) is 60.9 Å². The number of rotatable bonds is 9. The lowest BCUT2D eigenvalue weighted by atomic mass is 9.74. The Morgan fingerprint density at radius 1 is 0.974 bits per heavy atom. The number of hydrogen-bond donors (Lipinski definition) is 0. The van der Waals surface area contributed by atoms with Gasteiger partial charge in [0.05, 0.1) is 5.92 Å². The Bertz CT molecular complexity index is 1310. The van der Waals surface area contributed by atoms with E-state index < -0.39 is 0 Å². The van der Waals surface area contributed by atoms with Crippen molar-refractivity contribution < 1.29 is 9.59 Å². The molecule has 6 heteroatoms. The van der Waals surface area contributed by atoms with Gasteiger partial charge in [0.1, 0.15) is 0 Å². The van der Waals surface area contributed by atoms with Crippen molar-refractivity contribution in [3.63, 3.8) is 0 Å². The largest absolute Gasteiger partial charge is 0.342 e. The molecule has 2 saturated heterocycles. The van der Waals surface area contributed by atoms with E-state index in [2.05, 4.69) is 52.8 Å². The summed E-state index contributed by atoms with van der Waals surface area (Å²) in [6.07, 6.45) is 9.10. The molecule has 3 heterocycles. The Morgan fingerprint density at radius 3 is 2.56 bits per heavy atom. The monoisotopic (exact) mass is 539 g/mol. The highest BCUT2D eigenvalue weighted by Crippen LogP contribution is 2.43. The van der Waals surface area contributed by atoms with Crippen LogP contribution in [0.2, 0.25) is 0 Å². The molecule has 2 aromatic carbocycles. The van der Waals surface area contributed by atoms with Gasteiger partial charge in [-0.25, -0.2) is 0 Å². The van der Waals surface area contributed by atoms with Gasteiger partial charge in [0.15, 0.2) is 0 Å². The smallest absolute Gasteiger partial charge is 0.232 e. The van der Waals surface area contributed by atoms with Gasteiger partial charge in [-0.1, -0.05) is 60.7 Å². The molecule has 1 atom stereocenters. The van der Waals surface area contributed by atoms with Crippen LogP contribution in [0.1, 0.15) is 41.7 Å². The minimum absolute atomic E-state index is 0.0819. The lowest BCUT2D eigenvalue weighted by molar-refractivity contribution is -0.128. The molecule has 0 N–H and O–H groups in total. The first-order chi connectivity index (χ1) is 19.1. The molecule has 2 fully saturated rings. The molecule has 0 saturated carbocycles. The molecule has 1 spiro atoms. The van der Waals surface area contributed by atoms with Crippen LogP contribution >= 0.6 is 11.3 Å². The van der Waals surface area contributed by atoms with Crippen LogP contribution in [0.15, 0.2) is 78.2 Å². The number of carbonyl (C=O) groups excluding carboxylic acids is 2. The fraction of sp³-hybridized carbons (Fsp3) is 0.394. The van der Waals surface area contributed by atoms with Gasteiger partial charge in [-0.15, -0.1) is 11.3 Å². The van der Waals surface area contributed by atoms with Crippen LogP contribution < -0.4 is 4.90 Å². The van der Waals surface area contributed by atoms with E-state index in [1.54, 1.807) is 11.3 Å². The van der Waals surface area contributed by atoms with Crippen molar-refractivity contribution in [2.45, 2.75) is 37.5 Å². The third-order valence-electron chi connectivity index (χ3n) is 8.79. The first kappa shape index (κ1) is 26.0. The Morgan fingerprint density at radius 2 is 1.77 bits per heavy atom. The predicted octanol–water partition coefficient (Wildman–Crippen LogP) is 5.62. The average Bonchev–Trinajstić information content (AvgIpc) is 3.71. The fourth-order valence-electron chi connectivity index (χ4n) is 6.55. The second kappa shape index (κ2) is 11.5. The summed E-state index contributed by atoms with van der Waals surface area (Å²) in [4.78, 5) is 34.2. The van der Waals surface area contributed by atoms with Gasteiger partial charge >= 0.3 is 0 Å². The molecular weight excluding hydrogens is 502 g/mol. The van der Waals surface area contributed by atoms with E-state index in [4.69, 9.17) is 0 Å². The van der Waals surface area contributed by atoms with E-state index in [0.717, 1.165) is 51.0 Å². The minimum Gasteiger partial charge on any atom is -0.342 e. The van der Waals surface area contributed by atoms with Crippen molar-refractivity contribution in [3.05, 3.63) is 94.2 Å². The van der Waals surface area contributed by atoms with Crippen molar-refractivity contribution in [1.29, 1.82) is 0 Å². The Labute approximate surface area is 235 Å². The Kier molecular flexibility index (Phi) is 7.67. The highest BCUT2D eigenvalue weighted by molar-refractivity contribution is 7.09. The number of benzene rings is 2. The number of nitrogens with zero attached hydrogens (tertiary/aromatic N) is 3. The zero-order valence-corrected chi connectivity index (χ0v) is 23.3. The lowest BCUT2D eigenvalue weighted by Crippen LogP contribution is -2.43. The number of para-hydroxylation sites is 1. The molecule has 202 valence electrons. The van der Waals surface area contributed by atoms with E-state index in [1.165, 1.54) is 16.0 Å². The topological polar surface area (TPSA) is 43.9 Å². The quantitative estimate of drug-likeness (QED) is 0.354. The highest BCUT2D eigenvalue weighted by atomic mass is 32.1. The first-order valence-corrected chi connectivity index (χ1v) is 15.2. The van der Waals surface area contributed by atoms with Gasteiger partial charge in [-0.3, -0.25) is 9.59 Å². The number of hydrogen-bond acceptors (Lipinski definition) is 4. The fourth-order valence-corrected chi connectivity index (χ4v) is 7.25. The highest BCUT2D eigenvalue weighted by Gasteiger charge is 2.38. The number of amides is 2. The molecule has 0 bridgehead atoms. The van der Waals surface area contributed by atoms with Crippen molar-refractivity contribution in [3.8, 4) is 0 Å². The zero-order chi connectivity index (χ0) is 26.7. The van der Waals surface area contributed by atoms with Gasteiger partial charge in [-0.2, -0.15) is 0 Å². The number of carbonyl (C=O) groups is 2. The minimum atomic E-state index is -0.273. The second-order valence-electron chi connectivity index (χ2n) is 11.2. The maximum atomic E-state index is 13.8. The van der Waals surface area contributed by atoms with Crippen LogP contribution in [-0.2, 0) is 21.4 Å². The Hall–Kier alpha value is -3.22. The summed E-state index contributed by atoms with van der Waals surface area (Å²) >= 11 is 1.72. The summed E-state index contributed by atoms with van der Waals surface area (Å²) < 4.78 is 0. The normalized spacial score (nSPS) is 20.1. The number of thiophene rings is 1. The standard InChI is InChI=1S/C33H37N3O2S/c37-31-24-27(25-35(31)20-14-29-11-6-23-39-29)32(38)36(28-9-2-1-3-10-28)19-7-18-34-21-16-33(17-22-34)15-13-26-8-4-5-12-30(26)33/h1-6,8-13,15,23,27H,7,14,16-22,24-25H2. The van der Waals surface area contributed by atoms with Crippen LogP contribution in [0, 0.1) is 5.92 Å². The summed E-state index contributed by atoms with van der Waals surface area (Å²) in [5, 5.41) is 2.07. The SMILES string of the molecule is O=C1CC(C(=O)N(CCCN2CCC3(C=Cc4ccccc43)CC2)c2ccccc2)CN1CCc1cccs1. The molecule has 3 aliphatic rings. The Balaban J connectivity index is 1.04. The molecule has 1 unspecified atom stereocenters. The summed E-state index contributed by atoms with van der Waals surface area (Å²) in [6, 6.07) is 22.9. The van der Waals surface area contributed by atoms with Gasteiger partial charge in [-0.05, 0) is 80.0 Å². The number of likely N-dealkylation sites (tertiary alicyclic amines) is 2. The maximum absolute atomic E-state index is 13.8. The average molecular weight is 540 g/mol. The van der Waals surface area contributed by atoms with Crippen LogP contribution in [0.4, 0.5) is 5.69 Å². The molecule has 3 aromatic rings. The maximum Gasteiger partial charge on any atom is 0.232 e. The molecule has 1 aromatic heterocycles. The summed E-state index contributed by atoms with van der Waals surface area (Å²) in [5.41, 5.74) is 3.99. The zero-order valence-electron chi connectivity index (χ0n) is 22.5. The summed E-state index contributed by atoms with van der Waals surface area (Å²) in [5.74, 6) is -0.0914. The molecule has 5 nitrogen and oxygen atoms in total. The van der Waals surface area contributed by atoms with E-state index in [1.807, 2.05) is 46.2 Å². The van der Waals surface area contributed by atoms with Gasteiger partial charge in [0, 0.05) is 42.0 Å².